The molecule has 0 aliphatic heterocycles. The van der Waals surface area contributed by atoms with Crippen molar-refractivity contribution in [1.29, 1.82) is 0 Å². The van der Waals surface area contributed by atoms with Crippen molar-refractivity contribution in [2.24, 2.45) is 0 Å². The van der Waals surface area contributed by atoms with E-state index in [9.17, 15) is 19.8 Å². The largest absolute Gasteiger partial charge is 0.466 e. The van der Waals surface area contributed by atoms with Crippen molar-refractivity contribution in [3.05, 3.63) is 48.6 Å². The van der Waals surface area contributed by atoms with Crippen molar-refractivity contribution in [2.45, 2.75) is 405 Å². The fraction of sp³-hybridized carbons (Fsp3) is 0.867. The normalized spacial score (nSPS) is 12.8. The van der Waals surface area contributed by atoms with Gasteiger partial charge in [-0.1, -0.05) is 339 Å². The zero-order valence-corrected chi connectivity index (χ0v) is 54.5. The zero-order chi connectivity index (χ0) is 58.5. The first kappa shape index (κ1) is 78.8. The summed E-state index contributed by atoms with van der Waals surface area (Å²) in [4.78, 5) is 24.5. The van der Waals surface area contributed by atoms with Crippen LogP contribution in [0.3, 0.4) is 0 Å². The predicted molar refractivity (Wildman–Crippen MR) is 356 cm³/mol. The molecule has 476 valence electrons. The van der Waals surface area contributed by atoms with Gasteiger partial charge in [-0.05, 0) is 89.9 Å². The lowest BCUT2D eigenvalue weighted by atomic mass is 10.0. The van der Waals surface area contributed by atoms with E-state index in [1.54, 1.807) is 0 Å². The maximum absolute atomic E-state index is 12.5. The van der Waals surface area contributed by atoms with Crippen molar-refractivity contribution in [3.63, 3.8) is 0 Å². The highest BCUT2D eigenvalue weighted by Gasteiger charge is 2.20. The Hall–Kier alpha value is -2.18. The highest BCUT2D eigenvalue weighted by Crippen LogP contribution is 2.18. The number of nitrogens with one attached hydrogen (secondary N) is 1. The predicted octanol–water partition coefficient (Wildman–Crippen LogP) is 23.6. The van der Waals surface area contributed by atoms with Crippen molar-refractivity contribution < 1.29 is 24.5 Å². The highest BCUT2D eigenvalue weighted by molar-refractivity contribution is 5.76. The lowest BCUT2D eigenvalue weighted by Crippen LogP contribution is -2.45. The van der Waals surface area contributed by atoms with Crippen LogP contribution in [0.5, 0.6) is 0 Å². The first-order valence-corrected chi connectivity index (χ1v) is 36.4. The van der Waals surface area contributed by atoms with Gasteiger partial charge in [-0.25, -0.2) is 0 Å². The Bertz CT molecular complexity index is 1360. The van der Waals surface area contributed by atoms with Gasteiger partial charge in [0.05, 0.1) is 25.4 Å². The van der Waals surface area contributed by atoms with E-state index >= 15 is 0 Å². The molecule has 2 unspecified atom stereocenters. The maximum Gasteiger partial charge on any atom is 0.305 e. The maximum atomic E-state index is 12.5. The Morgan fingerprint density at radius 1 is 0.346 bits per heavy atom. The van der Waals surface area contributed by atoms with Crippen LogP contribution in [0.1, 0.15) is 393 Å². The van der Waals surface area contributed by atoms with Gasteiger partial charge >= 0.3 is 5.97 Å². The zero-order valence-electron chi connectivity index (χ0n) is 54.5. The number of hydrogen-bond donors (Lipinski definition) is 3. The minimum absolute atomic E-state index is 0.00475. The Labute approximate surface area is 506 Å². The summed E-state index contributed by atoms with van der Waals surface area (Å²) in [5.74, 6) is -0.0265. The molecule has 0 aromatic rings. The van der Waals surface area contributed by atoms with Crippen LogP contribution in [0, 0.1) is 0 Å². The van der Waals surface area contributed by atoms with Crippen molar-refractivity contribution in [2.75, 3.05) is 13.2 Å². The number of aliphatic hydroxyl groups is 2. The number of ether oxygens (including phenoxy) is 1. The molecular weight excluding hydrogens is 995 g/mol. The van der Waals surface area contributed by atoms with Crippen LogP contribution >= 0.6 is 0 Å². The number of hydrogen-bond acceptors (Lipinski definition) is 5. The Morgan fingerprint density at radius 3 is 0.963 bits per heavy atom. The van der Waals surface area contributed by atoms with Crippen molar-refractivity contribution in [1.82, 2.24) is 5.32 Å². The minimum atomic E-state index is -0.661. The van der Waals surface area contributed by atoms with Crippen molar-refractivity contribution in [3.8, 4) is 0 Å². The SMILES string of the molecule is CCCCC/C=C\C/C=C\CCCCCCCC(=O)OCCCCCCCCCCCCCCC/C=C\C/C=C\CCCCCCCCCCCCCCCCCCCC(=O)NC(CO)C(O)CCCCCCCCCCCCCC. The summed E-state index contributed by atoms with van der Waals surface area (Å²) in [7, 11) is 0. The lowest BCUT2D eigenvalue weighted by molar-refractivity contribution is -0.143. The first-order valence-electron chi connectivity index (χ1n) is 36.4. The summed E-state index contributed by atoms with van der Waals surface area (Å²) in [6.07, 6.45) is 91.8. The van der Waals surface area contributed by atoms with Crippen LogP contribution in [-0.4, -0.2) is 47.4 Å². The smallest absolute Gasteiger partial charge is 0.305 e. The quantitative estimate of drug-likeness (QED) is 0.0320. The van der Waals surface area contributed by atoms with E-state index in [2.05, 4.69) is 67.8 Å². The van der Waals surface area contributed by atoms with E-state index in [1.165, 1.54) is 302 Å². The number of allylic oxidation sites excluding steroid dienone is 8. The van der Waals surface area contributed by atoms with E-state index in [1.807, 2.05) is 0 Å². The molecule has 0 rings (SSSR count). The third kappa shape index (κ3) is 66.8. The molecule has 1 amide bonds. The highest BCUT2D eigenvalue weighted by atomic mass is 16.5. The average Bonchev–Trinajstić information content (AvgIpc) is 3.47. The molecule has 0 fully saturated rings. The molecule has 81 heavy (non-hydrogen) atoms. The van der Waals surface area contributed by atoms with Gasteiger partial charge in [0.2, 0.25) is 5.91 Å². The van der Waals surface area contributed by atoms with Crippen LogP contribution in [0.25, 0.3) is 0 Å². The second-order valence-electron chi connectivity index (χ2n) is 24.9. The van der Waals surface area contributed by atoms with Crippen LogP contribution in [0.15, 0.2) is 48.6 Å². The summed E-state index contributed by atoms with van der Waals surface area (Å²) in [5, 5.41) is 23.3. The molecule has 0 aliphatic carbocycles. The topological polar surface area (TPSA) is 95.9 Å². The Kier molecular flexibility index (Phi) is 68.4. The number of aliphatic hydroxyl groups excluding tert-OH is 2. The number of amides is 1. The minimum Gasteiger partial charge on any atom is -0.466 e. The summed E-state index contributed by atoms with van der Waals surface area (Å²) in [6, 6.07) is -0.539. The fourth-order valence-electron chi connectivity index (χ4n) is 11.3. The molecule has 6 heteroatoms. The second kappa shape index (κ2) is 70.3. The van der Waals surface area contributed by atoms with Crippen LogP contribution in [-0.2, 0) is 14.3 Å². The summed E-state index contributed by atoms with van der Waals surface area (Å²) >= 11 is 0. The van der Waals surface area contributed by atoms with Gasteiger partial charge in [0.1, 0.15) is 0 Å². The van der Waals surface area contributed by atoms with Crippen LogP contribution in [0.2, 0.25) is 0 Å². The van der Waals surface area contributed by atoms with Gasteiger partial charge in [-0.2, -0.15) is 0 Å². The molecule has 3 N–H and O–H groups in total. The summed E-state index contributed by atoms with van der Waals surface area (Å²) in [6.45, 7) is 4.94. The lowest BCUT2D eigenvalue weighted by Gasteiger charge is -2.22. The molecule has 0 aromatic heterocycles. The van der Waals surface area contributed by atoms with Crippen molar-refractivity contribution >= 4 is 11.9 Å². The summed E-state index contributed by atoms with van der Waals surface area (Å²) in [5.41, 5.74) is 0. The molecule has 0 aliphatic rings. The molecule has 0 spiro atoms. The number of carbonyl (C=O) groups excluding carboxylic acids is 2. The van der Waals surface area contributed by atoms with Gasteiger partial charge in [0.15, 0.2) is 0 Å². The average molecular weight is 1140 g/mol. The standard InChI is InChI=1S/C75H141NO5/c1-3-5-7-9-11-13-15-17-41-45-49-53-57-61-65-69-75(80)81-70-66-62-58-54-50-46-43-40-38-36-34-32-30-28-26-24-22-20-18-19-21-23-25-27-29-31-33-35-37-39-42-44-48-52-56-60-64-68-74(79)76-72(71-77)73(78)67-63-59-55-51-47-16-14-12-10-8-6-4-2/h11,13,17-18,20,24,26,41,72-73,77-78H,3-10,12,14-16,19,21-23,25,27-40,42-71H2,1-2H3,(H,76,79)/b13-11-,20-18-,26-24-,41-17-. The molecule has 2 atom stereocenters. The van der Waals surface area contributed by atoms with E-state index in [4.69, 9.17) is 4.74 Å². The van der Waals surface area contributed by atoms with E-state index < -0.39 is 12.1 Å². The van der Waals surface area contributed by atoms with Gasteiger partial charge in [0, 0.05) is 12.8 Å². The third-order valence-corrected chi connectivity index (χ3v) is 16.9. The van der Waals surface area contributed by atoms with Crippen LogP contribution in [0.4, 0.5) is 0 Å². The molecule has 0 radical (unpaired) electrons. The monoisotopic (exact) mass is 1140 g/mol. The van der Waals surface area contributed by atoms with Gasteiger partial charge in [-0.3, -0.25) is 9.59 Å². The number of rotatable bonds is 68. The van der Waals surface area contributed by atoms with E-state index in [0.29, 0.717) is 25.9 Å². The van der Waals surface area contributed by atoms with E-state index in [-0.39, 0.29) is 18.5 Å². The first-order chi connectivity index (χ1) is 40.0. The van der Waals surface area contributed by atoms with Gasteiger partial charge in [-0.15, -0.1) is 0 Å². The Morgan fingerprint density at radius 2 is 0.617 bits per heavy atom. The molecule has 6 nitrogen and oxygen atoms in total. The number of esters is 1. The molecule has 0 bridgehead atoms. The van der Waals surface area contributed by atoms with Gasteiger partial charge in [0.25, 0.3) is 0 Å². The van der Waals surface area contributed by atoms with E-state index in [0.717, 1.165) is 57.8 Å². The molecule has 0 heterocycles. The fourth-order valence-corrected chi connectivity index (χ4v) is 11.3. The second-order valence-corrected chi connectivity index (χ2v) is 24.9. The summed E-state index contributed by atoms with van der Waals surface area (Å²) < 4.78 is 5.49. The van der Waals surface area contributed by atoms with Gasteiger partial charge < -0.3 is 20.3 Å². The third-order valence-electron chi connectivity index (χ3n) is 16.9. The number of carbonyl (C=O) groups is 2. The van der Waals surface area contributed by atoms with Crippen LogP contribution < -0.4 is 5.32 Å². The number of unbranched alkanes of at least 4 members (excludes halogenated alkanes) is 49. The molecule has 0 aromatic carbocycles. The molecule has 0 saturated heterocycles. The Balaban J connectivity index is 3.35. The molecule has 0 saturated carbocycles. The molecular formula is C75H141NO5.